The van der Waals surface area contributed by atoms with Gasteiger partial charge in [-0.2, -0.15) is 0 Å². The van der Waals surface area contributed by atoms with Gasteiger partial charge in [0.1, 0.15) is 5.82 Å². The Morgan fingerprint density at radius 1 is 1.30 bits per heavy atom. The molecule has 1 amide bonds. The molecule has 2 saturated heterocycles. The second kappa shape index (κ2) is 9.84. The number of hydrogen-bond donors (Lipinski definition) is 1. The highest BCUT2D eigenvalue weighted by Gasteiger charge is 2.38. The van der Waals surface area contributed by atoms with Crippen LogP contribution in [0.1, 0.15) is 42.1 Å². The lowest BCUT2D eigenvalue weighted by molar-refractivity contribution is 0.0149. The largest absolute Gasteiger partial charge is 0.354 e. The van der Waals surface area contributed by atoms with Gasteiger partial charge >= 0.3 is 0 Å². The molecule has 0 spiro atoms. The molecule has 0 radical (unpaired) electrons. The summed E-state index contributed by atoms with van der Waals surface area (Å²) in [4.78, 5) is 23.3. The summed E-state index contributed by atoms with van der Waals surface area (Å²) in [6.07, 6.45) is 3.44. The van der Waals surface area contributed by atoms with Crippen molar-refractivity contribution in [1.82, 2.24) is 20.1 Å². The van der Waals surface area contributed by atoms with Gasteiger partial charge in [0.15, 0.2) is 0 Å². The number of alkyl halides is 2. The molecular weight excluding hydrogens is 407 g/mol. The maximum Gasteiger partial charge on any atom is 0.260 e. The molecule has 9 heteroatoms. The molecule has 2 fully saturated rings. The van der Waals surface area contributed by atoms with E-state index in [1.807, 2.05) is 19.9 Å². The van der Waals surface area contributed by atoms with E-state index in [1.165, 1.54) is 0 Å². The van der Waals surface area contributed by atoms with Crippen LogP contribution in [0.4, 0.5) is 14.6 Å². The lowest BCUT2D eigenvalue weighted by Crippen LogP contribution is -2.59. The van der Waals surface area contributed by atoms with Crippen LogP contribution in [-0.4, -0.2) is 84.8 Å². The molecular formula is C21H34F2N5OP. The van der Waals surface area contributed by atoms with Crippen LogP contribution in [-0.2, 0) is 0 Å². The number of hydrogen-bond acceptors (Lipinski definition) is 5. The molecule has 2 unspecified atom stereocenters. The number of pyridine rings is 1. The van der Waals surface area contributed by atoms with Gasteiger partial charge in [-0.1, -0.05) is 9.24 Å². The number of piperazine rings is 1. The fourth-order valence-electron chi connectivity index (χ4n) is 4.65. The van der Waals surface area contributed by atoms with Crippen molar-refractivity contribution in [3.8, 4) is 0 Å². The van der Waals surface area contributed by atoms with Gasteiger partial charge < -0.3 is 15.1 Å². The summed E-state index contributed by atoms with van der Waals surface area (Å²) in [6.45, 7) is 8.40. The van der Waals surface area contributed by atoms with Gasteiger partial charge in [-0.3, -0.25) is 9.69 Å². The highest BCUT2D eigenvalue weighted by molar-refractivity contribution is 7.18. The first-order valence-electron chi connectivity index (χ1n) is 10.8. The van der Waals surface area contributed by atoms with Crippen LogP contribution in [0.3, 0.4) is 0 Å². The Morgan fingerprint density at radius 3 is 2.60 bits per heavy atom. The fraction of sp³-hybridized carbons (Fsp3) is 0.714. The molecule has 3 rings (SSSR count). The summed E-state index contributed by atoms with van der Waals surface area (Å²) in [5.74, 6) is 0.635. The van der Waals surface area contributed by atoms with Gasteiger partial charge in [-0.25, -0.2) is 13.8 Å². The van der Waals surface area contributed by atoms with Crippen molar-refractivity contribution in [1.29, 1.82) is 0 Å². The minimum Gasteiger partial charge on any atom is -0.354 e. The molecule has 0 aliphatic carbocycles. The van der Waals surface area contributed by atoms with Crippen LogP contribution < -0.4 is 10.2 Å². The Balaban J connectivity index is 1.76. The van der Waals surface area contributed by atoms with E-state index in [1.54, 1.807) is 15.4 Å². The van der Waals surface area contributed by atoms with Crippen molar-refractivity contribution < 1.29 is 13.6 Å². The number of halogens is 2. The average molecular weight is 442 g/mol. The number of anilines is 1. The molecule has 2 aliphatic heterocycles. The molecule has 1 N–H and O–H groups in total. The third kappa shape index (κ3) is 5.86. The van der Waals surface area contributed by atoms with Crippen molar-refractivity contribution in [3.05, 3.63) is 23.4 Å². The van der Waals surface area contributed by atoms with E-state index < -0.39 is 5.66 Å². The number of carbonyl (C=O) groups excluding carboxylic acids is 1. The van der Waals surface area contributed by atoms with Crippen LogP contribution in [0.5, 0.6) is 0 Å². The molecule has 2 aliphatic rings. The second-order valence-corrected chi connectivity index (χ2v) is 9.41. The smallest absolute Gasteiger partial charge is 0.260 e. The van der Waals surface area contributed by atoms with Crippen molar-refractivity contribution in [3.63, 3.8) is 0 Å². The average Bonchev–Trinajstić information content (AvgIpc) is 2.67. The van der Waals surface area contributed by atoms with E-state index in [0.717, 1.165) is 50.4 Å². The number of aromatic nitrogens is 1. The number of nitrogens with zero attached hydrogens (tertiary/aromatic N) is 4. The normalized spacial score (nSPS) is 22.3. The van der Waals surface area contributed by atoms with Gasteiger partial charge in [0.25, 0.3) is 11.6 Å². The first-order valence-corrected chi connectivity index (χ1v) is 11.4. The molecule has 1 aromatic rings. The topological polar surface area (TPSA) is 51.7 Å². The van der Waals surface area contributed by atoms with Gasteiger partial charge in [-0.15, -0.1) is 0 Å². The van der Waals surface area contributed by atoms with Gasteiger partial charge in [0.05, 0.1) is 5.56 Å². The van der Waals surface area contributed by atoms with Crippen molar-refractivity contribution in [2.24, 2.45) is 0 Å². The van der Waals surface area contributed by atoms with E-state index in [0.29, 0.717) is 24.7 Å². The Morgan fingerprint density at radius 2 is 2.00 bits per heavy atom. The van der Waals surface area contributed by atoms with Crippen molar-refractivity contribution in [2.45, 2.75) is 50.9 Å². The van der Waals surface area contributed by atoms with E-state index in [9.17, 15) is 13.6 Å². The first-order chi connectivity index (χ1) is 14.2. The Labute approximate surface area is 180 Å². The van der Waals surface area contributed by atoms with Crippen LogP contribution in [0, 0.1) is 6.92 Å². The van der Waals surface area contributed by atoms with E-state index in [4.69, 9.17) is 0 Å². The quantitative estimate of drug-likeness (QED) is 0.688. The van der Waals surface area contributed by atoms with Crippen molar-refractivity contribution >= 4 is 21.0 Å². The summed E-state index contributed by atoms with van der Waals surface area (Å²) < 4.78 is 28.0. The van der Waals surface area contributed by atoms with Gasteiger partial charge in [-0.05, 0) is 58.5 Å². The number of carbonyl (C=O) groups is 1. The minimum absolute atomic E-state index is 0.146. The maximum absolute atomic E-state index is 14.0. The zero-order valence-corrected chi connectivity index (χ0v) is 19.4. The summed E-state index contributed by atoms with van der Waals surface area (Å²) >= 11 is 0. The maximum atomic E-state index is 14.0. The summed E-state index contributed by atoms with van der Waals surface area (Å²) in [7, 11) is 3.82. The van der Waals surface area contributed by atoms with Crippen LogP contribution in [0.15, 0.2) is 12.3 Å². The highest BCUT2D eigenvalue weighted by atomic mass is 31.0. The third-order valence-corrected chi connectivity index (χ3v) is 6.38. The zero-order valence-electron chi connectivity index (χ0n) is 18.2. The molecule has 30 heavy (non-hydrogen) atoms. The lowest BCUT2D eigenvalue weighted by atomic mass is 9.98. The van der Waals surface area contributed by atoms with Gasteiger partial charge in [0, 0.05) is 50.9 Å². The number of likely N-dealkylation sites (tertiary alicyclic amines) is 1. The molecule has 0 bridgehead atoms. The fourth-order valence-corrected chi connectivity index (χ4v) is 4.92. The van der Waals surface area contributed by atoms with Crippen LogP contribution >= 0.6 is 9.24 Å². The summed E-state index contributed by atoms with van der Waals surface area (Å²) in [5.41, 5.74) is -1.37. The lowest BCUT2D eigenvalue weighted by Gasteiger charge is -2.48. The van der Waals surface area contributed by atoms with Crippen molar-refractivity contribution in [2.75, 3.05) is 51.2 Å². The van der Waals surface area contributed by atoms with E-state index in [2.05, 4.69) is 32.0 Å². The Kier molecular flexibility index (Phi) is 7.64. The standard InChI is InChI=1S/C21H34F2N5OP/c1-4-24-20(29)16-11-15(2)19(25-13-16)27-9-10-28(17-5-7-26(3)8-6-17)18(14-27)12-21(22,23)30/h11,13,17-18H,4-10,12,14,30H2,1-3H3,(H,24,29). The summed E-state index contributed by atoms with van der Waals surface area (Å²) in [5, 5.41) is 2.78. The first kappa shape index (κ1) is 23.3. The molecule has 0 aromatic carbocycles. The molecule has 0 saturated carbocycles. The Hall–Kier alpha value is -1.37. The number of rotatable bonds is 6. The van der Waals surface area contributed by atoms with Crippen LogP contribution in [0.2, 0.25) is 0 Å². The van der Waals surface area contributed by atoms with Gasteiger partial charge in [0.2, 0.25) is 0 Å². The molecule has 168 valence electrons. The number of piperidine rings is 1. The monoisotopic (exact) mass is 441 g/mol. The molecule has 6 nitrogen and oxygen atoms in total. The molecule has 2 atom stereocenters. The molecule has 1 aromatic heterocycles. The minimum atomic E-state index is -2.79. The molecule has 3 heterocycles. The number of amides is 1. The number of aryl methyl sites for hydroxylation is 1. The Bertz CT molecular complexity index is 737. The SMILES string of the molecule is CCNC(=O)c1cnc(N2CCN(C3CCN(C)CC3)C(CC(F)(F)P)C2)c(C)c1. The zero-order chi connectivity index (χ0) is 21.9. The highest BCUT2D eigenvalue weighted by Crippen LogP contribution is 2.34. The predicted octanol–water partition coefficient (Wildman–Crippen LogP) is 2.58. The van der Waals surface area contributed by atoms with E-state index in [-0.39, 0.29) is 18.4 Å². The summed E-state index contributed by atoms with van der Waals surface area (Å²) in [6, 6.07) is 1.95. The van der Waals surface area contributed by atoms with Crippen LogP contribution in [0.25, 0.3) is 0 Å². The van der Waals surface area contributed by atoms with E-state index >= 15 is 0 Å². The number of nitrogens with one attached hydrogen (secondary N) is 1. The second-order valence-electron chi connectivity index (χ2n) is 8.56. The predicted molar refractivity (Wildman–Crippen MR) is 119 cm³/mol. The third-order valence-electron chi connectivity index (χ3n) is 6.14.